The Bertz CT molecular complexity index is 549. The zero-order chi connectivity index (χ0) is 14.6. The molecule has 6 heteroatoms. The van der Waals surface area contributed by atoms with E-state index >= 15 is 0 Å². The number of carbonyl (C=O) groups is 1. The zero-order valence-corrected chi connectivity index (χ0v) is 14.0. The number of hydrogen-bond donors (Lipinski definition) is 1. The lowest BCUT2D eigenvalue weighted by molar-refractivity contribution is -0.124. The molecule has 0 radical (unpaired) electrons. The van der Waals surface area contributed by atoms with Crippen LogP contribution in [0.25, 0.3) is 0 Å². The van der Waals surface area contributed by atoms with E-state index in [9.17, 15) is 10.1 Å². The van der Waals surface area contributed by atoms with Gasteiger partial charge in [0.25, 0.3) is 5.91 Å². The van der Waals surface area contributed by atoms with Crippen LogP contribution < -0.4 is 10.1 Å². The average Bonchev–Trinajstić information content (AvgIpc) is 2.87. The van der Waals surface area contributed by atoms with E-state index in [1.807, 2.05) is 12.1 Å². The molecule has 0 unspecified atom stereocenters. The summed E-state index contributed by atoms with van der Waals surface area (Å²) in [6, 6.07) is 7.68. The Labute approximate surface area is 134 Å². The van der Waals surface area contributed by atoms with Gasteiger partial charge in [0.1, 0.15) is 11.3 Å². The summed E-state index contributed by atoms with van der Waals surface area (Å²) in [7, 11) is 0. The van der Waals surface area contributed by atoms with Gasteiger partial charge in [-0.25, -0.2) is 0 Å². The quantitative estimate of drug-likeness (QED) is 0.839. The van der Waals surface area contributed by atoms with E-state index in [1.54, 1.807) is 6.07 Å². The maximum atomic E-state index is 11.9. The van der Waals surface area contributed by atoms with Crippen molar-refractivity contribution in [1.29, 1.82) is 5.26 Å². The molecule has 0 aliphatic heterocycles. The second-order valence-corrected chi connectivity index (χ2v) is 6.58. The topological polar surface area (TPSA) is 62.1 Å². The van der Waals surface area contributed by atoms with Crippen LogP contribution in [-0.4, -0.2) is 18.1 Å². The Morgan fingerprint density at radius 1 is 1.40 bits per heavy atom. The lowest BCUT2D eigenvalue weighted by Crippen LogP contribution is -2.47. The molecule has 1 saturated carbocycles. The van der Waals surface area contributed by atoms with E-state index in [0.717, 1.165) is 34.6 Å². The molecule has 1 aliphatic carbocycles. The van der Waals surface area contributed by atoms with Crippen LogP contribution in [0.1, 0.15) is 25.7 Å². The van der Waals surface area contributed by atoms with Gasteiger partial charge in [0.05, 0.1) is 10.5 Å². The number of hydrogen-bond acceptors (Lipinski definition) is 3. The number of nitrogens with zero attached hydrogens (tertiary/aromatic N) is 1. The van der Waals surface area contributed by atoms with Gasteiger partial charge in [-0.05, 0) is 59.8 Å². The SMILES string of the molecule is N#CC1(NC(=O)COc2ccc(Br)cc2Br)CCCC1. The van der Waals surface area contributed by atoms with Gasteiger partial charge in [-0.2, -0.15) is 5.26 Å². The lowest BCUT2D eigenvalue weighted by atomic mass is 10.00. The van der Waals surface area contributed by atoms with E-state index in [4.69, 9.17) is 4.74 Å². The average molecular weight is 402 g/mol. The number of carbonyl (C=O) groups excluding carboxylic acids is 1. The monoisotopic (exact) mass is 400 g/mol. The Kier molecular flexibility index (Phi) is 5.06. The second-order valence-electron chi connectivity index (χ2n) is 4.81. The number of halogens is 2. The normalized spacial score (nSPS) is 16.4. The standard InChI is InChI=1S/C14H14Br2N2O2/c15-10-3-4-12(11(16)7-10)20-8-13(19)18-14(9-17)5-1-2-6-14/h3-4,7H,1-2,5-6,8H2,(H,18,19). The van der Waals surface area contributed by atoms with Crippen LogP contribution in [0, 0.1) is 11.3 Å². The smallest absolute Gasteiger partial charge is 0.259 e. The summed E-state index contributed by atoms with van der Waals surface area (Å²) in [5.74, 6) is 0.337. The fourth-order valence-electron chi connectivity index (χ4n) is 2.28. The first kappa shape index (κ1) is 15.3. The Morgan fingerprint density at radius 2 is 2.10 bits per heavy atom. The van der Waals surface area contributed by atoms with Crippen LogP contribution in [0.5, 0.6) is 5.75 Å². The first-order valence-corrected chi connectivity index (χ1v) is 7.93. The lowest BCUT2D eigenvalue weighted by Gasteiger charge is -2.22. The van der Waals surface area contributed by atoms with Crippen LogP contribution in [0.3, 0.4) is 0 Å². The Morgan fingerprint density at radius 3 is 2.70 bits per heavy atom. The molecule has 0 atom stereocenters. The molecule has 106 valence electrons. The molecule has 1 amide bonds. The van der Waals surface area contributed by atoms with Gasteiger partial charge in [0.2, 0.25) is 0 Å². The molecule has 1 aliphatic rings. The van der Waals surface area contributed by atoms with Gasteiger partial charge in [0.15, 0.2) is 6.61 Å². The van der Waals surface area contributed by atoms with Crippen LogP contribution >= 0.6 is 31.9 Å². The molecule has 1 fully saturated rings. The van der Waals surface area contributed by atoms with Crippen molar-refractivity contribution < 1.29 is 9.53 Å². The summed E-state index contributed by atoms with van der Waals surface area (Å²) in [6.45, 7) is -0.0936. The van der Waals surface area contributed by atoms with Crippen LogP contribution in [0.15, 0.2) is 27.1 Å². The Hall–Kier alpha value is -1.06. The first-order chi connectivity index (χ1) is 9.54. The molecule has 4 nitrogen and oxygen atoms in total. The molecule has 0 spiro atoms. The number of nitriles is 1. The van der Waals surface area contributed by atoms with Gasteiger partial charge in [-0.1, -0.05) is 15.9 Å². The van der Waals surface area contributed by atoms with E-state index in [0.29, 0.717) is 5.75 Å². The van der Waals surface area contributed by atoms with Gasteiger partial charge >= 0.3 is 0 Å². The van der Waals surface area contributed by atoms with Crippen molar-refractivity contribution in [2.24, 2.45) is 0 Å². The number of rotatable bonds is 4. The number of amides is 1. The van der Waals surface area contributed by atoms with Crippen molar-refractivity contribution >= 4 is 37.8 Å². The van der Waals surface area contributed by atoms with Crippen LogP contribution in [0.2, 0.25) is 0 Å². The van der Waals surface area contributed by atoms with Gasteiger partial charge in [-0.3, -0.25) is 4.79 Å². The Balaban J connectivity index is 1.91. The van der Waals surface area contributed by atoms with E-state index in [-0.39, 0.29) is 12.5 Å². The van der Waals surface area contributed by atoms with E-state index in [1.165, 1.54) is 0 Å². The molecule has 20 heavy (non-hydrogen) atoms. The van der Waals surface area contributed by atoms with Crippen LogP contribution in [-0.2, 0) is 4.79 Å². The highest BCUT2D eigenvalue weighted by Gasteiger charge is 2.35. The number of benzene rings is 1. The maximum absolute atomic E-state index is 11.9. The molecule has 0 saturated heterocycles. The minimum absolute atomic E-state index is 0.0936. The second kappa shape index (κ2) is 6.59. The first-order valence-electron chi connectivity index (χ1n) is 6.35. The molecule has 1 aromatic rings. The van der Waals surface area contributed by atoms with E-state index < -0.39 is 5.54 Å². The van der Waals surface area contributed by atoms with E-state index in [2.05, 4.69) is 43.2 Å². The van der Waals surface area contributed by atoms with Crippen LogP contribution in [0.4, 0.5) is 0 Å². The van der Waals surface area contributed by atoms with Crippen molar-refractivity contribution in [2.45, 2.75) is 31.2 Å². The number of ether oxygens (including phenoxy) is 1. The molecule has 2 rings (SSSR count). The zero-order valence-electron chi connectivity index (χ0n) is 10.8. The minimum Gasteiger partial charge on any atom is -0.483 e. The molecule has 1 N–H and O–H groups in total. The summed E-state index contributed by atoms with van der Waals surface area (Å²) in [5, 5.41) is 12.0. The molecule has 0 heterocycles. The minimum atomic E-state index is -0.697. The summed E-state index contributed by atoms with van der Waals surface area (Å²) in [4.78, 5) is 11.9. The molecule has 0 aromatic heterocycles. The molecular weight excluding hydrogens is 388 g/mol. The highest BCUT2D eigenvalue weighted by Crippen LogP contribution is 2.30. The predicted molar refractivity (Wildman–Crippen MR) is 82.3 cm³/mol. The number of nitrogens with one attached hydrogen (secondary N) is 1. The van der Waals surface area contributed by atoms with Gasteiger partial charge in [0, 0.05) is 4.47 Å². The summed E-state index contributed by atoms with van der Waals surface area (Å²) < 4.78 is 7.16. The van der Waals surface area contributed by atoms with Gasteiger partial charge in [-0.15, -0.1) is 0 Å². The third kappa shape index (κ3) is 3.74. The largest absolute Gasteiger partial charge is 0.483 e. The van der Waals surface area contributed by atoms with Gasteiger partial charge < -0.3 is 10.1 Å². The summed E-state index contributed by atoms with van der Waals surface area (Å²) in [5.41, 5.74) is -0.697. The van der Waals surface area contributed by atoms with Crippen molar-refractivity contribution in [1.82, 2.24) is 5.32 Å². The fraction of sp³-hybridized carbons (Fsp3) is 0.429. The third-order valence-corrected chi connectivity index (χ3v) is 4.42. The highest BCUT2D eigenvalue weighted by atomic mass is 79.9. The van der Waals surface area contributed by atoms with Crippen molar-refractivity contribution in [2.75, 3.05) is 6.61 Å². The summed E-state index contributed by atoms with van der Waals surface area (Å²) >= 11 is 6.72. The van der Waals surface area contributed by atoms with Crippen molar-refractivity contribution in [3.8, 4) is 11.8 Å². The molecule has 1 aromatic carbocycles. The molecule has 0 bridgehead atoms. The van der Waals surface area contributed by atoms with Crippen molar-refractivity contribution in [3.05, 3.63) is 27.1 Å². The maximum Gasteiger partial charge on any atom is 0.259 e. The fourth-order valence-corrected chi connectivity index (χ4v) is 3.44. The van der Waals surface area contributed by atoms with Crippen molar-refractivity contribution in [3.63, 3.8) is 0 Å². The predicted octanol–water partition coefficient (Wildman–Crippen LogP) is 3.54. The summed E-state index contributed by atoms with van der Waals surface area (Å²) in [6.07, 6.45) is 3.40. The molecular formula is C14H14Br2N2O2. The third-order valence-electron chi connectivity index (χ3n) is 3.30. The highest BCUT2D eigenvalue weighted by molar-refractivity contribution is 9.11.